The molecule has 0 aliphatic carbocycles. The number of anilines is 2. The molecule has 1 aromatic heterocycles. The van der Waals surface area contributed by atoms with Crippen molar-refractivity contribution in [1.82, 2.24) is 4.98 Å². The smallest absolute Gasteiger partial charge is 0.0730 e. The number of benzene rings is 2. The van der Waals surface area contributed by atoms with Gasteiger partial charge in [0.2, 0.25) is 0 Å². The zero-order chi connectivity index (χ0) is 19.9. The minimum absolute atomic E-state index is 0.724. The van der Waals surface area contributed by atoms with E-state index in [-0.39, 0.29) is 0 Å². The van der Waals surface area contributed by atoms with Crippen LogP contribution in [0.15, 0.2) is 42.5 Å². The Bertz CT molecular complexity index is 842. The van der Waals surface area contributed by atoms with Gasteiger partial charge in [-0.15, -0.1) is 23.2 Å². The number of alkyl halides is 2. The Hall–Kier alpha value is -1.71. The van der Waals surface area contributed by atoms with Gasteiger partial charge in [-0.05, 0) is 56.0 Å². The van der Waals surface area contributed by atoms with E-state index in [4.69, 9.17) is 28.2 Å². The van der Waals surface area contributed by atoms with Crippen LogP contribution in [0, 0.1) is 0 Å². The third-order valence-corrected chi connectivity index (χ3v) is 5.75. The molecule has 150 valence electrons. The Balaban J connectivity index is 1.85. The molecule has 3 aromatic rings. The number of rotatable bonds is 10. The van der Waals surface area contributed by atoms with E-state index in [1.807, 2.05) is 0 Å². The molecule has 5 heteroatoms. The number of unbranched alkanes of at least 4 members (excludes halogenated alkanes) is 2. The topological polar surface area (TPSA) is 19.4 Å². The number of nitrogens with zero attached hydrogens (tertiary/aromatic N) is 3. The van der Waals surface area contributed by atoms with E-state index in [0.717, 1.165) is 61.6 Å². The summed E-state index contributed by atoms with van der Waals surface area (Å²) in [5, 5.41) is 2.35. The average Bonchev–Trinajstić information content (AvgIpc) is 2.71. The fourth-order valence-corrected chi connectivity index (χ4v) is 3.80. The second-order valence-corrected chi connectivity index (χ2v) is 8.13. The van der Waals surface area contributed by atoms with Crippen LogP contribution in [0.5, 0.6) is 0 Å². The third-order valence-electron chi connectivity index (χ3n) is 5.22. The summed E-state index contributed by atoms with van der Waals surface area (Å²) in [5.74, 6) is 1.45. The van der Waals surface area contributed by atoms with Gasteiger partial charge in [-0.3, -0.25) is 0 Å². The maximum absolute atomic E-state index is 5.80. The average molecular weight is 418 g/mol. The molecule has 0 bridgehead atoms. The van der Waals surface area contributed by atoms with Gasteiger partial charge >= 0.3 is 0 Å². The molecular weight excluding hydrogens is 389 g/mol. The SMILES string of the molecule is CN(CCCCCl)c1ccc2cc3ccc(N(C)CCCCCl)cc3nc2c1. The molecule has 2 aromatic carbocycles. The van der Waals surface area contributed by atoms with Crippen LogP contribution in [0.2, 0.25) is 0 Å². The van der Waals surface area contributed by atoms with Crippen molar-refractivity contribution < 1.29 is 0 Å². The quantitative estimate of drug-likeness (QED) is 0.219. The highest BCUT2D eigenvalue weighted by Gasteiger charge is 2.07. The second kappa shape index (κ2) is 10.2. The summed E-state index contributed by atoms with van der Waals surface area (Å²) in [6, 6.07) is 15.3. The van der Waals surface area contributed by atoms with E-state index in [2.05, 4.69) is 66.4 Å². The minimum atomic E-state index is 0.724. The lowest BCUT2D eigenvalue weighted by molar-refractivity contribution is 0.770. The summed E-state index contributed by atoms with van der Waals surface area (Å²) < 4.78 is 0. The number of pyridine rings is 1. The summed E-state index contributed by atoms with van der Waals surface area (Å²) >= 11 is 11.6. The monoisotopic (exact) mass is 417 g/mol. The molecule has 0 N–H and O–H groups in total. The van der Waals surface area contributed by atoms with Gasteiger partial charge in [0, 0.05) is 61.1 Å². The van der Waals surface area contributed by atoms with Crippen LogP contribution in [0.4, 0.5) is 11.4 Å². The van der Waals surface area contributed by atoms with E-state index in [9.17, 15) is 0 Å². The van der Waals surface area contributed by atoms with Crippen molar-refractivity contribution in [1.29, 1.82) is 0 Å². The van der Waals surface area contributed by atoms with Crippen molar-refractivity contribution >= 4 is 56.4 Å². The van der Waals surface area contributed by atoms with E-state index in [1.54, 1.807) is 0 Å². The van der Waals surface area contributed by atoms with Crippen LogP contribution in [0.3, 0.4) is 0 Å². The fraction of sp³-hybridized carbons (Fsp3) is 0.435. The predicted molar refractivity (Wildman–Crippen MR) is 126 cm³/mol. The first-order valence-corrected chi connectivity index (χ1v) is 11.1. The third kappa shape index (κ3) is 5.21. The van der Waals surface area contributed by atoms with Crippen LogP contribution < -0.4 is 9.80 Å². The first-order chi connectivity index (χ1) is 13.6. The highest BCUT2D eigenvalue weighted by atomic mass is 35.5. The Morgan fingerprint density at radius 1 is 0.679 bits per heavy atom. The molecule has 0 atom stereocenters. The molecule has 0 unspecified atom stereocenters. The van der Waals surface area contributed by atoms with Gasteiger partial charge in [-0.25, -0.2) is 4.98 Å². The maximum Gasteiger partial charge on any atom is 0.0730 e. The molecule has 0 aliphatic rings. The summed E-state index contributed by atoms with van der Waals surface area (Å²) in [6.07, 6.45) is 4.29. The lowest BCUT2D eigenvalue weighted by Crippen LogP contribution is -2.18. The largest absolute Gasteiger partial charge is 0.375 e. The van der Waals surface area contributed by atoms with Gasteiger partial charge in [-0.2, -0.15) is 0 Å². The molecule has 0 radical (unpaired) electrons. The van der Waals surface area contributed by atoms with Crippen molar-refractivity contribution in [3.8, 4) is 0 Å². The Labute approximate surface area is 178 Å². The molecule has 0 aliphatic heterocycles. The van der Waals surface area contributed by atoms with Gasteiger partial charge in [0.1, 0.15) is 0 Å². The summed E-state index contributed by atoms with van der Waals surface area (Å²) in [7, 11) is 4.26. The van der Waals surface area contributed by atoms with Gasteiger partial charge in [0.25, 0.3) is 0 Å². The van der Waals surface area contributed by atoms with Gasteiger partial charge in [-0.1, -0.05) is 12.1 Å². The van der Waals surface area contributed by atoms with Crippen molar-refractivity contribution in [2.24, 2.45) is 0 Å². The molecule has 1 heterocycles. The molecule has 0 amide bonds. The molecule has 0 saturated carbocycles. The van der Waals surface area contributed by atoms with Crippen LogP contribution in [-0.4, -0.2) is 43.9 Å². The Morgan fingerprint density at radius 2 is 1.14 bits per heavy atom. The summed E-state index contributed by atoms with van der Waals surface area (Å²) in [6.45, 7) is 2.01. The molecule has 3 nitrogen and oxygen atoms in total. The van der Waals surface area contributed by atoms with Crippen molar-refractivity contribution in [3.63, 3.8) is 0 Å². The van der Waals surface area contributed by atoms with E-state index in [0.29, 0.717) is 0 Å². The van der Waals surface area contributed by atoms with E-state index in [1.165, 1.54) is 22.1 Å². The lowest BCUT2D eigenvalue weighted by atomic mass is 10.1. The summed E-state index contributed by atoms with van der Waals surface area (Å²) in [5.41, 5.74) is 4.47. The van der Waals surface area contributed by atoms with Crippen molar-refractivity contribution in [3.05, 3.63) is 42.5 Å². The maximum atomic E-state index is 5.80. The van der Waals surface area contributed by atoms with E-state index < -0.39 is 0 Å². The number of aromatic nitrogens is 1. The molecule has 0 spiro atoms. The van der Waals surface area contributed by atoms with Gasteiger partial charge < -0.3 is 9.80 Å². The molecule has 0 saturated heterocycles. The molecule has 28 heavy (non-hydrogen) atoms. The normalized spacial score (nSPS) is 11.3. The highest BCUT2D eigenvalue weighted by Crippen LogP contribution is 2.27. The zero-order valence-electron chi connectivity index (χ0n) is 16.8. The van der Waals surface area contributed by atoms with Gasteiger partial charge in [0.05, 0.1) is 11.0 Å². The molecular formula is C23H29Cl2N3. The minimum Gasteiger partial charge on any atom is -0.375 e. The Morgan fingerprint density at radius 3 is 1.57 bits per heavy atom. The van der Waals surface area contributed by atoms with E-state index >= 15 is 0 Å². The summed E-state index contributed by atoms with van der Waals surface area (Å²) in [4.78, 5) is 9.51. The number of hydrogen-bond donors (Lipinski definition) is 0. The highest BCUT2D eigenvalue weighted by molar-refractivity contribution is 6.18. The molecule has 0 fully saturated rings. The number of halogens is 2. The van der Waals surface area contributed by atoms with Crippen LogP contribution in [0.1, 0.15) is 25.7 Å². The zero-order valence-corrected chi connectivity index (χ0v) is 18.3. The van der Waals surface area contributed by atoms with Gasteiger partial charge in [0.15, 0.2) is 0 Å². The van der Waals surface area contributed by atoms with Crippen LogP contribution in [-0.2, 0) is 0 Å². The number of fused-ring (bicyclic) bond motifs is 2. The van der Waals surface area contributed by atoms with Crippen molar-refractivity contribution in [2.45, 2.75) is 25.7 Å². The van der Waals surface area contributed by atoms with Crippen molar-refractivity contribution in [2.75, 3.05) is 48.7 Å². The van der Waals surface area contributed by atoms with Crippen LogP contribution >= 0.6 is 23.2 Å². The van der Waals surface area contributed by atoms with Crippen LogP contribution in [0.25, 0.3) is 21.8 Å². The Kier molecular flexibility index (Phi) is 7.64. The lowest BCUT2D eigenvalue weighted by Gasteiger charge is -2.20. The first-order valence-electron chi connectivity index (χ1n) is 10.0. The second-order valence-electron chi connectivity index (χ2n) is 7.38. The molecule has 3 rings (SSSR count). The number of hydrogen-bond acceptors (Lipinski definition) is 3. The fourth-order valence-electron chi connectivity index (χ4n) is 3.42. The predicted octanol–water partition coefficient (Wildman–Crippen LogP) is 6.30. The first kappa shape index (κ1) is 21.0. The standard InChI is InChI=1S/C23H29Cl2N3/c1-27(13-5-3-11-24)20-9-7-18-15-19-8-10-21(28(2)14-6-4-12-25)17-23(19)26-22(18)16-20/h7-10,15-17H,3-6,11-14H2,1-2H3.